The second-order valence-electron chi connectivity index (χ2n) is 26.3. The fraction of sp³-hybridized carbons (Fsp3) is 0.790. The lowest BCUT2D eigenvalue weighted by Gasteiger charge is -2.41. The van der Waals surface area contributed by atoms with Crippen LogP contribution >= 0.6 is 0 Å². The molecular formula is C62H110N14O12. The van der Waals surface area contributed by atoms with E-state index in [9.17, 15) is 48.3 Å². The normalized spacial score (nSPS) is 26.0. The quantitative estimate of drug-likeness (QED) is 0.0458. The molecule has 1 heterocycles. The zero-order valence-corrected chi connectivity index (χ0v) is 57.2. The number of carbonyl (C=O) groups excluding carboxylic acids is 11. The predicted octanol–water partition coefficient (Wildman–Crippen LogP) is 3.70. The van der Waals surface area contributed by atoms with Gasteiger partial charge in [-0.25, -0.2) is 0 Å². The summed E-state index contributed by atoms with van der Waals surface area (Å²) in [6, 6.07) is -12.7. The SMILES string of the molecule is CCC1NC(=O)C(C(O)/C(C)=C\CCCN=[N+]=[N-])N(C)C(=O)C(C(C)C)N(C)C(=O)C(CC(C)C)N(C)C(=O)C(CC(C)C)N(C)C(=O)C(C)NC(=O)C(C)NC(=O)C(CC(C)C)N(C)C(=O)C(C(C)C)NC(=O)C(CC(C)C)N(C)C(=O)CN(C)C1=O. The maximum Gasteiger partial charge on any atom is 0.246 e. The van der Waals surface area contributed by atoms with Crippen molar-refractivity contribution in [2.24, 2.45) is 40.6 Å². The second-order valence-corrected chi connectivity index (χ2v) is 26.3. The molecule has 1 aliphatic rings. The molecule has 0 bridgehead atoms. The summed E-state index contributed by atoms with van der Waals surface area (Å²) in [5, 5.41) is 26.6. The Balaban J connectivity index is 4.36. The molecule has 11 amide bonds. The molecule has 0 aliphatic carbocycles. The van der Waals surface area contributed by atoms with Crippen LogP contribution in [0.15, 0.2) is 16.8 Å². The van der Waals surface area contributed by atoms with Crippen LogP contribution in [0.1, 0.15) is 156 Å². The standard InChI is InChI=1S/C62H110N14O12/c1-24-43-58(84)70(17)33-48(77)71(18)44(29-34(2)3)55(81)68-49(38(10)11)61(87)72(19)45(30-35(4)5)54(80)65-41(15)53(79)66-42(16)57(83)73(20)46(31-36(6)7)59(85)74(21)47(32-37(8)9)60(86)75(22)50(39(12)13)62(88)76(23)51(56(82)67-43)52(78)40(14)27-25-26-28-64-69-63/h27,34-39,41-47,49-52,78H,24-26,28-33H2,1-23H3,(H,65,80)(H,66,79)(H,67,82)(H,68,81)/b40-27-. The molecule has 1 rings (SSSR count). The van der Waals surface area contributed by atoms with Gasteiger partial charge in [-0.3, -0.25) is 52.7 Å². The van der Waals surface area contributed by atoms with Crippen molar-refractivity contribution in [3.05, 3.63) is 22.1 Å². The predicted molar refractivity (Wildman–Crippen MR) is 337 cm³/mol. The van der Waals surface area contributed by atoms with Crippen molar-refractivity contribution in [1.82, 2.24) is 55.6 Å². The van der Waals surface area contributed by atoms with E-state index >= 15 is 9.59 Å². The number of likely N-dealkylation sites (N-methyl/N-ethyl adjacent to an activating group) is 7. The highest BCUT2D eigenvalue weighted by molar-refractivity contribution is 5.99. The number of carbonyl (C=O) groups is 11. The van der Waals surface area contributed by atoms with Gasteiger partial charge >= 0.3 is 0 Å². The summed E-state index contributed by atoms with van der Waals surface area (Å²) in [7, 11) is 9.76. The first-order valence-electron chi connectivity index (χ1n) is 31.1. The van der Waals surface area contributed by atoms with Gasteiger partial charge < -0.3 is 60.7 Å². The Hall–Kier alpha value is -6.82. The molecule has 1 fully saturated rings. The first kappa shape index (κ1) is 79.2. The molecule has 11 unspecified atom stereocenters. The number of aliphatic hydroxyl groups is 1. The van der Waals surface area contributed by atoms with E-state index in [1.807, 2.05) is 55.4 Å². The van der Waals surface area contributed by atoms with Crippen LogP contribution in [0.3, 0.4) is 0 Å². The minimum Gasteiger partial charge on any atom is -0.386 e. The van der Waals surface area contributed by atoms with Gasteiger partial charge in [0.25, 0.3) is 0 Å². The summed E-state index contributed by atoms with van der Waals surface area (Å²) >= 11 is 0. The van der Waals surface area contributed by atoms with Crippen molar-refractivity contribution >= 4 is 65.0 Å². The molecule has 1 saturated heterocycles. The average Bonchev–Trinajstić information content (AvgIpc) is 3.66. The molecule has 0 radical (unpaired) electrons. The lowest BCUT2D eigenvalue weighted by Crippen LogP contribution is -2.63. The summed E-state index contributed by atoms with van der Waals surface area (Å²) in [6.07, 6.45) is 1.18. The number of hydrogen-bond acceptors (Lipinski definition) is 13. The van der Waals surface area contributed by atoms with Gasteiger partial charge in [0.1, 0.15) is 66.5 Å². The van der Waals surface area contributed by atoms with Crippen LogP contribution in [0.2, 0.25) is 0 Å². The van der Waals surface area contributed by atoms with E-state index < -0.39 is 150 Å². The molecule has 26 heteroatoms. The number of hydrogen-bond donors (Lipinski definition) is 5. The molecule has 1 aliphatic heterocycles. The molecule has 5 N–H and O–H groups in total. The number of nitrogens with zero attached hydrogens (tertiary/aromatic N) is 10. The minimum absolute atomic E-state index is 0.0187. The topological polar surface area (TPSA) is 328 Å². The van der Waals surface area contributed by atoms with E-state index in [0.717, 1.165) is 9.80 Å². The summed E-state index contributed by atoms with van der Waals surface area (Å²) < 4.78 is 0. The monoisotopic (exact) mass is 1240 g/mol. The van der Waals surface area contributed by atoms with Crippen LogP contribution in [-0.2, 0) is 52.7 Å². The van der Waals surface area contributed by atoms with Crippen LogP contribution in [0.4, 0.5) is 0 Å². The number of allylic oxidation sites excluding steroid dienone is 1. The van der Waals surface area contributed by atoms with Crippen molar-refractivity contribution < 1.29 is 57.8 Å². The summed E-state index contributed by atoms with van der Waals surface area (Å²) in [5.74, 6) is -9.55. The zero-order valence-electron chi connectivity index (χ0n) is 57.2. The Labute approximate surface area is 524 Å². The van der Waals surface area contributed by atoms with E-state index in [4.69, 9.17) is 5.53 Å². The van der Waals surface area contributed by atoms with Gasteiger partial charge in [0.05, 0.1) is 6.54 Å². The van der Waals surface area contributed by atoms with Crippen molar-refractivity contribution in [2.45, 2.75) is 222 Å². The third-order valence-electron chi connectivity index (χ3n) is 16.2. The number of rotatable bonds is 17. The lowest BCUT2D eigenvalue weighted by atomic mass is 9.94. The molecule has 0 aromatic rings. The van der Waals surface area contributed by atoms with Crippen LogP contribution in [-0.4, -0.2) is 233 Å². The van der Waals surface area contributed by atoms with Crippen LogP contribution < -0.4 is 21.3 Å². The third kappa shape index (κ3) is 22.6. The fourth-order valence-corrected chi connectivity index (χ4v) is 10.8. The number of azide groups is 1. The van der Waals surface area contributed by atoms with Gasteiger partial charge in [0.15, 0.2) is 0 Å². The lowest BCUT2D eigenvalue weighted by molar-refractivity contribution is -0.156. The van der Waals surface area contributed by atoms with Gasteiger partial charge in [-0.05, 0) is 112 Å². The Bertz CT molecular complexity index is 2500. The molecule has 0 saturated carbocycles. The van der Waals surface area contributed by atoms with Crippen LogP contribution in [0.25, 0.3) is 10.4 Å². The smallest absolute Gasteiger partial charge is 0.246 e. The van der Waals surface area contributed by atoms with E-state index in [1.54, 1.807) is 47.6 Å². The van der Waals surface area contributed by atoms with Crippen molar-refractivity contribution in [2.75, 3.05) is 62.4 Å². The van der Waals surface area contributed by atoms with Crippen molar-refractivity contribution in [3.63, 3.8) is 0 Å². The highest BCUT2D eigenvalue weighted by Gasteiger charge is 2.45. The summed E-state index contributed by atoms with van der Waals surface area (Å²) in [5.41, 5.74) is 9.07. The van der Waals surface area contributed by atoms with E-state index in [1.165, 1.54) is 87.7 Å². The average molecular weight is 1240 g/mol. The third-order valence-corrected chi connectivity index (χ3v) is 16.2. The van der Waals surface area contributed by atoms with Crippen LogP contribution in [0, 0.1) is 35.5 Å². The van der Waals surface area contributed by atoms with Gasteiger partial charge in [-0.2, -0.15) is 0 Å². The first-order valence-corrected chi connectivity index (χ1v) is 31.1. The molecule has 500 valence electrons. The van der Waals surface area contributed by atoms with Gasteiger partial charge in [-0.15, -0.1) is 0 Å². The van der Waals surface area contributed by atoms with Crippen LogP contribution in [0.5, 0.6) is 0 Å². The number of aliphatic hydroxyl groups excluding tert-OH is 1. The number of unbranched alkanes of at least 4 members (excludes halogenated alkanes) is 1. The molecule has 0 spiro atoms. The van der Waals surface area contributed by atoms with Gasteiger partial charge in [0, 0.05) is 60.8 Å². The summed E-state index contributed by atoms with van der Waals surface area (Å²) in [4.78, 5) is 172. The van der Waals surface area contributed by atoms with E-state index in [0.29, 0.717) is 12.8 Å². The maximum absolute atomic E-state index is 15.2. The highest BCUT2D eigenvalue weighted by Crippen LogP contribution is 2.25. The van der Waals surface area contributed by atoms with Gasteiger partial charge in [0.2, 0.25) is 65.0 Å². The van der Waals surface area contributed by atoms with Crippen molar-refractivity contribution in [3.8, 4) is 0 Å². The second kappa shape index (κ2) is 36.6. The Kier molecular flexibility index (Phi) is 32.9. The fourth-order valence-electron chi connectivity index (χ4n) is 10.8. The molecule has 0 aromatic carbocycles. The molecule has 88 heavy (non-hydrogen) atoms. The Morgan fingerprint density at radius 1 is 0.534 bits per heavy atom. The largest absolute Gasteiger partial charge is 0.386 e. The zero-order chi connectivity index (χ0) is 68.1. The Morgan fingerprint density at radius 3 is 1.43 bits per heavy atom. The number of nitrogens with one attached hydrogen (secondary N) is 4. The maximum atomic E-state index is 15.2. The molecule has 26 nitrogen and oxygen atoms in total. The molecular weight excluding hydrogens is 1130 g/mol. The van der Waals surface area contributed by atoms with E-state index in [2.05, 4.69) is 31.3 Å². The van der Waals surface area contributed by atoms with Crippen molar-refractivity contribution in [1.29, 1.82) is 0 Å². The number of amides is 11. The van der Waals surface area contributed by atoms with E-state index in [-0.39, 0.29) is 67.9 Å². The molecule has 11 atom stereocenters. The highest BCUT2D eigenvalue weighted by atomic mass is 16.3. The summed E-state index contributed by atoms with van der Waals surface area (Å²) in [6.45, 7) is 27.3. The first-order chi connectivity index (χ1) is 40.7. The van der Waals surface area contributed by atoms with Gasteiger partial charge in [-0.1, -0.05) is 101 Å². The minimum atomic E-state index is -1.73. The Morgan fingerprint density at radius 2 is 0.966 bits per heavy atom. The molecule has 0 aromatic heterocycles.